The highest BCUT2D eigenvalue weighted by Crippen LogP contribution is 2.24. The standard InChI is InChI=1S/C24H30N4O2/c29-23(20-7-2-1-3-8-20)27-14-10-19(11-15-27)6-4-5-12-26-24(30)28-17-21-9-13-25-16-22(21)18-28/h1-3,7-9,13,16,19H,4-6,10-12,14-15,17-18H2,(H,26,30). The molecule has 0 atom stereocenters. The van der Waals surface area contributed by atoms with E-state index >= 15 is 0 Å². The van der Waals surface area contributed by atoms with Crippen molar-refractivity contribution < 1.29 is 9.59 Å². The fraction of sp³-hybridized carbons (Fsp3) is 0.458. The Hall–Kier alpha value is -2.89. The molecule has 0 spiro atoms. The Morgan fingerprint density at radius 2 is 1.73 bits per heavy atom. The van der Waals surface area contributed by atoms with Crippen LogP contribution in [0.4, 0.5) is 4.79 Å². The van der Waals surface area contributed by atoms with Gasteiger partial charge in [0.1, 0.15) is 0 Å². The molecule has 1 fully saturated rings. The monoisotopic (exact) mass is 406 g/mol. The summed E-state index contributed by atoms with van der Waals surface area (Å²) in [4.78, 5) is 32.8. The van der Waals surface area contributed by atoms with E-state index in [1.165, 1.54) is 12.0 Å². The first kappa shape index (κ1) is 20.4. The van der Waals surface area contributed by atoms with Crippen LogP contribution in [0.3, 0.4) is 0 Å². The van der Waals surface area contributed by atoms with Gasteiger partial charge in [-0.05, 0) is 54.5 Å². The molecule has 2 aliphatic rings. The largest absolute Gasteiger partial charge is 0.339 e. The molecule has 158 valence electrons. The van der Waals surface area contributed by atoms with Crippen molar-refractivity contribution in [1.29, 1.82) is 0 Å². The number of nitrogens with one attached hydrogen (secondary N) is 1. The molecule has 1 N–H and O–H groups in total. The number of carbonyl (C=O) groups is 2. The highest BCUT2D eigenvalue weighted by molar-refractivity contribution is 5.94. The third kappa shape index (κ3) is 4.99. The lowest BCUT2D eigenvalue weighted by atomic mass is 9.91. The number of amides is 3. The molecule has 0 bridgehead atoms. The Morgan fingerprint density at radius 3 is 2.50 bits per heavy atom. The third-order valence-corrected chi connectivity index (χ3v) is 6.25. The first-order chi connectivity index (χ1) is 14.7. The minimum Gasteiger partial charge on any atom is -0.339 e. The van der Waals surface area contributed by atoms with E-state index in [1.807, 2.05) is 52.4 Å². The summed E-state index contributed by atoms with van der Waals surface area (Å²) in [5, 5.41) is 3.05. The Kier molecular flexibility index (Phi) is 6.62. The number of carbonyl (C=O) groups excluding carboxylic acids is 2. The van der Waals surface area contributed by atoms with Crippen LogP contribution < -0.4 is 5.32 Å². The van der Waals surface area contributed by atoms with Crippen LogP contribution in [0.5, 0.6) is 0 Å². The van der Waals surface area contributed by atoms with Gasteiger partial charge in [0, 0.05) is 50.7 Å². The summed E-state index contributed by atoms with van der Waals surface area (Å²) in [5.74, 6) is 0.831. The highest BCUT2D eigenvalue weighted by Gasteiger charge is 2.24. The van der Waals surface area contributed by atoms with Gasteiger partial charge in [0.05, 0.1) is 0 Å². The molecule has 4 rings (SSSR count). The van der Waals surface area contributed by atoms with Gasteiger partial charge in [-0.2, -0.15) is 0 Å². The molecule has 3 amide bonds. The van der Waals surface area contributed by atoms with Crippen LogP contribution >= 0.6 is 0 Å². The maximum absolute atomic E-state index is 12.5. The second-order valence-electron chi connectivity index (χ2n) is 8.33. The minimum atomic E-state index is 0.0129. The third-order valence-electron chi connectivity index (χ3n) is 6.25. The molecule has 0 unspecified atom stereocenters. The first-order valence-electron chi connectivity index (χ1n) is 11.0. The van der Waals surface area contributed by atoms with Crippen molar-refractivity contribution in [3.8, 4) is 0 Å². The molecule has 3 heterocycles. The summed E-state index contributed by atoms with van der Waals surface area (Å²) in [5.41, 5.74) is 3.12. The molecular weight excluding hydrogens is 376 g/mol. The van der Waals surface area contributed by atoms with Crippen molar-refractivity contribution in [2.75, 3.05) is 19.6 Å². The normalized spacial score (nSPS) is 16.4. The first-order valence-corrected chi connectivity index (χ1v) is 11.0. The summed E-state index contributed by atoms with van der Waals surface area (Å²) in [6, 6.07) is 11.5. The summed E-state index contributed by atoms with van der Waals surface area (Å²) >= 11 is 0. The Morgan fingerprint density at radius 1 is 0.967 bits per heavy atom. The van der Waals surface area contributed by atoms with Crippen LogP contribution in [0.25, 0.3) is 0 Å². The Balaban J connectivity index is 1.09. The summed E-state index contributed by atoms with van der Waals surface area (Å²) < 4.78 is 0. The molecular formula is C24H30N4O2. The van der Waals surface area contributed by atoms with Crippen LogP contribution in [0.15, 0.2) is 48.8 Å². The molecule has 1 aromatic carbocycles. The van der Waals surface area contributed by atoms with Gasteiger partial charge in [-0.25, -0.2) is 4.79 Å². The van der Waals surface area contributed by atoms with Gasteiger partial charge >= 0.3 is 6.03 Å². The van der Waals surface area contributed by atoms with E-state index in [-0.39, 0.29) is 11.9 Å². The molecule has 1 saturated heterocycles. The zero-order valence-electron chi connectivity index (χ0n) is 17.4. The molecule has 2 aliphatic heterocycles. The van der Waals surface area contributed by atoms with E-state index in [4.69, 9.17) is 0 Å². The number of rotatable bonds is 6. The van der Waals surface area contributed by atoms with Crippen molar-refractivity contribution >= 4 is 11.9 Å². The number of pyridine rings is 1. The van der Waals surface area contributed by atoms with Crippen LogP contribution in [-0.2, 0) is 13.1 Å². The molecule has 1 aromatic heterocycles. The molecule has 6 nitrogen and oxygen atoms in total. The second-order valence-corrected chi connectivity index (χ2v) is 8.33. The topological polar surface area (TPSA) is 65.5 Å². The Bertz CT molecular complexity index is 838. The van der Waals surface area contributed by atoms with Gasteiger partial charge in [0.15, 0.2) is 0 Å². The SMILES string of the molecule is O=C(NCCCCC1CCN(C(=O)c2ccccc2)CC1)N1Cc2ccncc2C1. The number of hydrogen-bond donors (Lipinski definition) is 1. The average Bonchev–Trinajstić information content (AvgIpc) is 3.24. The van der Waals surface area contributed by atoms with Gasteiger partial charge in [-0.1, -0.05) is 31.0 Å². The molecule has 0 radical (unpaired) electrons. The lowest BCUT2D eigenvalue weighted by molar-refractivity contribution is 0.0686. The highest BCUT2D eigenvalue weighted by atomic mass is 16.2. The zero-order valence-corrected chi connectivity index (χ0v) is 17.4. The van der Waals surface area contributed by atoms with Gasteiger partial charge in [-0.15, -0.1) is 0 Å². The predicted octanol–water partition coefficient (Wildman–Crippen LogP) is 3.83. The summed E-state index contributed by atoms with van der Waals surface area (Å²) in [6.07, 6.45) is 9.06. The van der Waals surface area contributed by atoms with Crippen molar-refractivity contribution in [2.24, 2.45) is 5.92 Å². The summed E-state index contributed by atoms with van der Waals surface area (Å²) in [6.45, 7) is 3.73. The number of piperidine rings is 1. The molecule has 30 heavy (non-hydrogen) atoms. The maximum Gasteiger partial charge on any atom is 0.318 e. The zero-order chi connectivity index (χ0) is 20.8. The lowest BCUT2D eigenvalue weighted by Crippen LogP contribution is -2.38. The van der Waals surface area contributed by atoms with Gasteiger partial charge in [0.25, 0.3) is 5.91 Å². The van der Waals surface area contributed by atoms with Crippen molar-refractivity contribution in [3.05, 3.63) is 65.5 Å². The van der Waals surface area contributed by atoms with E-state index in [1.54, 1.807) is 6.20 Å². The van der Waals surface area contributed by atoms with E-state index < -0.39 is 0 Å². The van der Waals surface area contributed by atoms with Crippen molar-refractivity contribution in [1.82, 2.24) is 20.1 Å². The molecule has 6 heteroatoms. The summed E-state index contributed by atoms with van der Waals surface area (Å²) in [7, 11) is 0. The van der Waals surface area contributed by atoms with Gasteiger partial charge in [0.2, 0.25) is 0 Å². The fourth-order valence-electron chi connectivity index (χ4n) is 4.42. The van der Waals surface area contributed by atoms with Gasteiger partial charge in [-0.3, -0.25) is 9.78 Å². The van der Waals surface area contributed by atoms with E-state index in [0.717, 1.165) is 56.4 Å². The number of hydrogen-bond acceptors (Lipinski definition) is 3. The molecule has 2 aromatic rings. The number of aromatic nitrogens is 1. The average molecular weight is 407 g/mol. The second kappa shape index (κ2) is 9.74. The van der Waals surface area contributed by atoms with Crippen LogP contribution in [0, 0.1) is 5.92 Å². The van der Waals surface area contributed by atoms with Gasteiger partial charge < -0.3 is 15.1 Å². The number of likely N-dealkylation sites (tertiary alicyclic amines) is 1. The van der Waals surface area contributed by atoms with Crippen molar-refractivity contribution in [2.45, 2.75) is 45.2 Å². The van der Waals surface area contributed by atoms with E-state index in [2.05, 4.69) is 10.3 Å². The minimum absolute atomic E-state index is 0.0129. The van der Waals surface area contributed by atoms with Crippen LogP contribution in [0.2, 0.25) is 0 Å². The number of fused-ring (bicyclic) bond motifs is 1. The lowest BCUT2D eigenvalue weighted by Gasteiger charge is -2.32. The molecule has 0 aliphatic carbocycles. The van der Waals surface area contributed by atoms with E-state index in [0.29, 0.717) is 19.0 Å². The fourth-order valence-corrected chi connectivity index (χ4v) is 4.42. The smallest absolute Gasteiger partial charge is 0.318 e. The number of nitrogens with zero attached hydrogens (tertiary/aromatic N) is 3. The van der Waals surface area contributed by atoms with Crippen LogP contribution in [-0.4, -0.2) is 46.4 Å². The van der Waals surface area contributed by atoms with E-state index in [9.17, 15) is 9.59 Å². The van der Waals surface area contributed by atoms with Crippen LogP contribution in [0.1, 0.15) is 53.6 Å². The van der Waals surface area contributed by atoms with Crippen molar-refractivity contribution in [3.63, 3.8) is 0 Å². The maximum atomic E-state index is 12.5. The number of benzene rings is 1. The number of unbranched alkanes of at least 4 members (excludes halogenated alkanes) is 1. The quantitative estimate of drug-likeness (QED) is 0.742. The predicted molar refractivity (Wildman–Crippen MR) is 116 cm³/mol. The Labute approximate surface area is 178 Å². The molecule has 0 saturated carbocycles. The number of urea groups is 1.